The summed E-state index contributed by atoms with van der Waals surface area (Å²) in [6.45, 7) is 0. The Labute approximate surface area is 182 Å². The van der Waals surface area contributed by atoms with Crippen LogP contribution in [0.15, 0.2) is 90.2 Å². The standard InChI is InChI=1S/C23H16ClN5S/c24-18-12-10-16(11-13-18)22-17(15-29(28-22)19-6-2-1-3-7-19)14-25-27-23-26-20-8-4-5-9-21(20)30-23/h1-15H,(H,26,27)/b25-14-. The fourth-order valence-corrected chi connectivity index (χ4v) is 4.05. The Balaban J connectivity index is 1.48. The molecule has 0 fully saturated rings. The van der Waals surface area contributed by atoms with Gasteiger partial charge in [0.25, 0.3) is 0 Å². The van der Waals surface area contributed by atoms with Gasteiger partial charge in [0.05, 0.1) is 22.1 Å². The summed E-state index contributed by atoms with van der Waals surface area (Å²) in [5.41, 5.74) is 7.65. The number of hydrogen-bond acceptors (Lipinski definition) is 5. The molecule has 5 nitrogen and oxygen atoms in total. The first-order valence-electron chi connectivity index (χ1n) is 9.32. The number of para-hydroxylation sites is 2. The molecule has 0 atom stereocenters. The van der Waals surface area contributed by atoms with Gasteiger partial charge in [-0.1, -0.05) is 65.4 Å². The molecule has 0 aliphatic heterocycles. The van der Waals surface area contributed by atoms with Gasteiger partial charge in [-0.2, -0.15) is 10.2 Å². The third-order valence-corrected chi connectivity index (χ3v) is 5.73. The number of fused-ring (bicyclic) bond motifs is 1. The summed E-state index contributed by atoms with van der Waals surface area (Å²) in [6, 6.07) is 25.6. The number of nitrogens with zero attached hydrogens (tertiary/aromatic N) is 4. The molecule has 7 heteroatoms. The molecule has 0 radical (unpaired) electrons. The average Bonchev–Trinajstić information content (AvgIpc) is 3.39. The van der Waals surface area contributed by atoms with E-state index in [1.54, 1.807) is 17.6 Å². The van der Waals surface area contributed by atoms with Gasteiger partial charge in [0.15, 0.2) is 0 Å². The van der Waals surface area contributed by atoms with Gasteiger partial charge in [-0.3, -0.25) is 5.43 Å². The predicted octanol–water partition coefficient (Wildman–Crippen LogP) is 6.25. The van der Waals surface area contributed by atoms with Crippen LogP contribution in [0.1, 0.15) is 5.56 Å². The van der Waals surface area contributed by atoms with Crippen LogP contribution in [-0.2, 0) is 0 Å². The number of rotatable bonds is 5. The number of benzene rings is 3. The molecule has 0 aliphatic carbocycles. The summed E-state index contributed by atoms with van der Waals surface area (Å²) in [7, 11) is 0. The molecule has 5 rings (SSSR count). The Morgan fingerprint density at radius 1 is 0.933 bits per heavy atom. The Kier molecular flexibility index (Phi) is 5.01. The van der Waals surface area contributed by atoms with Gasteiger partial charge >= 0.3 is 0 Å². The number of nitrogens with one attached hydrogen (secondary N) is 1. The van der Waals surface area contributed by atoms with Crippen molar-refractivity contribution in [2.75, 3.05) is 5.43 Å². The highest BCUT2D eigenvalue weighted by atomic mass is 35.5. The maximum atomic E-state index is 6.06. The van der Waals surface area contributed by atoms with E-state index in [2.05, 4.69) is 15.5 Å². The summed E-state index contributed by atoms with van der Waals surface area (Å²) in [5.74, 6) is 0. The number of anilines is 1. The van der Waals surface area contributed by atoms with Crippen LogP contribution in [-0.4, -0.2) is 21.0 Å². The first-order valence-corrected chi connectivity index (χ1v) is 10.5. The van der Waals surface area contributed by atoms with Gasteiger partial charge in [0.2, 0.25) is 5.13 Å². The van der Waals surface area contributed by atoms with E-state index >= 15 is 0 Å². The highest BCUT2D eigenvalue weighted by Crippen LogP contribution is 2.26. The molecular weight excluding hydrogens is 414 g/mol. The van der Waals surface area contributed by atoms with E-state index in [9.17, 15) is 0 Å². The summed E-state index contributed by atoms with van der Waals surface area (Å²) >= 11 is 7.62. The second-order valence-corrected chi connectivity index (χ2v) is 8.04. The lowest BCUT2D eigenvalue weighted by Crippen LogP contribution is -1.93. The number of hydrazone groups is 1. The van der Waals surface area contributed by atoms with Crippen LogP contribution in [0.25, 0.3) is 27.2 Å². The van der Waals surface area contributed by atoms with Gasteiger partial charge in [0, 0.05) is 22.3 Å². The number of aromatic nitrogens is 3. The molecule has 0 saturated heterocycles. The molecule has 0 aliphatic rings. The lowest BCUT2D eigenvalue weighted by Gasteiger charge is -2.00. The van der Waals surface area contributed by atoms with Crippen molar-refractivity contribution < 1.29 is 0 Å². The summed E-state index contributed by atoms with van der Waals surface area (Å²) in [6.07, 6.45) is 3.73. The maximum Gasteiger partial charge on any atom is 0.204 e. The molecule has 0 amide bonds. The van der Waals surface area contributed by atoms with E-state index in [0.717, 1.165) is 37.9 Å². The van der Waals surface area contributed by atoms with Crippen LogP contribution < -0.4 is 5.43 Å². The first kappa shape index (κ1) is 18.5. The minimum absolute atomic E-state index is 0.689. The van der Waals surface area contributed by atoms with Gasteiger partial charge in [-0.05, 0) is 36.4 Å². The smallest absolute Gasteiger partial charge is 0.204 e. The zero-order chi connectivity index (χ0) is 20.3. The molecular formula is C23H16ClN5S. The molecule has 0 bridgehead atoms. The summed E-state index contributed by atoms with van der Waals surface area (Å²) in [4.78, 5) is 4.55. The lowest BCUT2D eigenvalue weighted by atomic mass is 10.1. The van der Waals surface area contributed by atoms with Crippen molar-refractivity contribution in [3.63, 3.8) is 0 Å². The highest BCUT2D eigenvalue weighted by molar-refractivity contribution is 7.22. The van der Waals surface area contributed by atoms with Crippen LogP contribution in [0.5, 0.6) is 0 Å². The fraction of sp³-hybridized carbons (Fsp3) is 0. The predicted molar refractivity (Wildman–Crippen MR) is 125 cm³/mol. The second kappa shape index (κ2) is 8.10. The van der Waals surface area contributed by atoms with Crippen LogP contribution in [0.4, 0.5) is 5.13 Å². The Bertz CT molecular complexity index is 1290. The molecule has 30 heavy (non-hydrogen) atoms. The zero-order valence-electron chi connectivity index (χ0n) is 15.7. The third-order valence-electron chi connectivity index (χ3n) is 4.54. The average molecular weight is 430 g/mol. The summed E-state index contributed by atoms with van der Waals surface area (Å²) in [5, 5.41) is 10.6. The van der Waals surface area contributed by atoms with Crippen molar-refractivity contribution in [3.05, 3.63) is 95.6 Å². The minimum atomic E-state index is 0.689. The Hall–Kier alpha value is -3.48. The first-order chi connectivity index (χ1) is 14.8. The topological polar surface area (TPSA) is 55.1 Å². The molecule has 2 heterocycles. The van der Waals surface area contributed by atoms with E-state index in [1.807, 2.05) is 89.7 Å². The van der Waals surface area contributed by atoms with Crippen LogP contribution in [0.3, 0.4) is 0 Å². The van der Waals surface area contributed by atoms with Crippen molar-refractivity contribution in [2.45, 2.75) is 0 Å². The van der Waals surface area contributed by atoms with Crippen molar-refractivity contribution in [1.82, 2.24) is 14.8 Å². The van der Waals surface area contributed by atoms with Crippen molar-refractivity contribution in [3.8, 4) is 16.9 Å². The Morgan fingerprint density at radius 3 is 2.50 bits per heavy atom. The van der Waals surface area contributed by atoms with Crippen molar-refractivity contribution in [2.24, 2.45) is 5.10 Å². The molecule has 5 aromatic rings. The van der Waals surface area contributed by atoms with Crippen molar-refractivity contribution in [1.29, 1.82) is 0 Å². The van der Waals surface area contributed by atoms with Crippen molar-refractivity contribution >= 4 is 44.5 Å². The molecule has 0 saturated carbocycles. The van der Waals surface area contributed by atoms with E-state index in [0.29, 0.717) is 5.02 Å². The number of thiazole rings is 1. The van der Waals surface area contributed by atoms with Crippen LogP contribution in [0, 0.1) is 0 Å². The fourth-order valence-electron chi connectivity index (χ4n) is 3.10. The SMILES string of the molecule is Clc1ccc(-c2nn(-c3ccccc3)cc2/C=N\Nc2nc3ccccc3s2)cc1. The number of hydrogen-bond donors (Lipinski definition) is 1. The molecule has 1 N–H and O–H groups in total. The molecule has 0 spiro atoms. The molecule has 146 valence electrons. The van der Waals surface area contributed by atoms with Gasteiger partial charge in [-0.15, -0.1) is 0 Å². The third kappa shape index (κ3) is 3.83. The van der Waals surface area contributed by atoms with Gasteiger partial charge in [0.1, 0.15) is 5.69 Å². The van der Waals surface area contributed by atoms with E-state index in [4.69, 9.17) is 16.7 Å². The van der Waals surface area contributed by atoms with Gasteiger partial charge < -0.3 is 0 Å². The Morgan fingerprint density at radius 2 is 1.70 bits per heavy atom. The van der Waals surface area contributed by atoms with E-state index in [-0.39, 0.29) is 0 Å². The zero-order valence-corrected chi connectivity index (χ0v) is 17.3. The minimum Gasteiger partial charge on any atom is -0.253 e. The van der Waals surface area contributed by atoms with Crippen LogP contribution >= 0.6 is 22.9 Å². The lowest BCUT2D eigenvalue weighted by molar-refractivity contribution is 0.884. The normalized spacial score (nSPS) is 11.4. The van der Waals surface area contributed by atoms with Gasteiger partial charge in [-0.25, -0.2) is 9.67 Å². The summed E-state index contributed by atoms with van der Waals surface area (Å²) < 4.78 is 2.97. The maximum absolute atomic E-state index is 6.06. The van der Waals surface area contributed by atoms with E-state index in [1.165, 1.54) is 0 Å². The highest BCUT2D eigenvalue weighted by Gasteiger charge is 2.11. The monoisotopic (exact) mass is 429 g/mol. The molecule has 3 aromatic carbocycles. The molecule has 0 unspecified atom stereocenters. The quantitative estimate of drug-likeness (QED) is 0.265. The molecule has 2 aromatic heterocycles. The van der Waals surface area contributed by atoms with E-state index < -0.39 is 0 Å². The van der Waals surface area contributed by atoms with Crippen LogP contribution in [0.2, 0.25) is 5.02 Å². The number of halogens is 1. The second-order valence-electron chi connectivity index (χ2n) is 6.58. The largest absolute Gasteiger partial charge is 0.253 e.